The molecule has 3 heterocycles. The number of hydrogen-bond donors (Lipinski definition) is 1. The van der Waals surface area contributed by atoms with Gasteiger partial charge in [0.05, 0.1) is 18.0 Å². The molecule has 0 spiro atoms. The van der Waals surface area contributed by atoms with E-state index in [1.807, 2.05) is 23.2 Å². The van der Waals surface area contributed by atoms with E-state index in [-0.39, 0.29) is 6.61 Å². The fourth-order valence-corrected chi connectivity index (χ4v) is 4.18. The van der Waals surface area contributed by atoms with Gasteiger partial charge in [0, 0.05) is 48.8 Å². The molecule has 0 saturated carbocycles. The zero-order valence-electron chi connectivity index (χ0n) is 13.6. The van der Waals surface area contributed by atoms with Gasteiger partial charge in [-0.3, -0.25) is 4.68 Å². The molecule has 124 valence electrons. The minimum atomic E-state index is 0.00659. The molecule has 0 aliphatic carbocycles. The lowest BCUT2D eigenvalue weighted by molar-refractivity contribution is 0.277. The Morgan fingerprint density at radius 1 is 1.17 bits per heavy atom. The van der Waals surface area contributed by atoms with Crippen LogP contribution in [0.15, 0.2) is 35.7 Å². The number of anilines is 1. The molecule has 0 amide bonds. The zero-order valence-corrected chi connectivity index (χ0v) is 14.5. The van der Waals surface area contributed by atoms with Gasteiger partial charge >= 0.3 is 0 Å². The lowest BCUT2D eigenvalue weighted by atomic mass is 10.0. The number of nitrogens with zero attached hydrogens (tertiary/aromatic N) is 4. The zero-order chi connectivity index (χ0) is 16.5. The van der Waals surface area contributed by atoms with E-state index >= 15 is 0 Å². The monoisotopic (exact) mass is 340 g/mol. The van der Waals surface area contributed by atoms with E-state index in [2.05, 4.69) is 34.1 Å². The Kier molecular flexibility index (Phi) is 4.08. The fourth-order valence-electron chi connectivity index (χ4n) is 3.31. The molecule has 0 unspecified atom stereocenters. The molecule has 0 saturated heterocycles. The van der Waals surface area contributed by atoms with Gasteiger partial charge in [0.2, 0.25) is 0 Å². The quantitative estimate of drug-likeness (QED) is 0.796. The Labute approximate surface area is 145 Å². The van der Waals surface area contributed by atoms with Crippen molar-refractivity contribution in [3.63, 3.8) is 0 Å². The third-order valence-corrected chi connectivity index (χ3v) is 5.49. The predicted octanol–water partition coefficient (Wildman–Crippen LogP) is 2.64. The summed E-state index contributed by atoms with van der Waals surface area (Å²) in [6, 6.07) is 10.4. The second-order valence-electron chi connectivity index (χ2n) is 6.03. The van der Waals surface area contributed by atoms with Gasteiger partial charge in [0.25, 0.3) is 0 Å². The molecular weight excluding hydrogens is 320 g/mol. The predicted molar refractivity (Wildman–Crippen MR) is 96.3 cm³/mol. The van der Waals surface area contributed by atoms with Crippen LogP contribution in [0.4, 0.5) is 5.13 Å². The van der Waals surface area contributed by atoms with Gasteiger partial charge in [0.1, 0.15) is 0 Å². The minimum Gasteiger partial charge on any atom is -0.390 e. The molecule has 5 nitrogen and oxygen atoms in total. The molecule has 1 aromatic carbocycles. The summed E-state index contributed by atoms with van der Waals surface area (Å²) in [5, 5.41) is 16.9. The van der Waals surface area contributed by atoms with Crippen LogP contribution in [0.3, 0.4) is 0 Å². The number of thiazole rings is 1. The highest BCUT2D eigenvalue weighted by Crippen LogP contribution is 2.30. The normalized spacial score (nSPS) is 14.5. The molecular formula is C18H20N4OS. The number of aliphatic hydroxyl groups excluding tert-OH is 1. The molecule has 2 aromatic heterocycles. The summed E-state index contributed by atoms with van der Waals surface area (Å²) in [4.78, 5) is 6.83. The first kappa shape index (κ1) is 15.4. The van der Waals surface area contributed by atoms with Gasteiger partial charge in [-0.25, -0.2) is 4.98 Å². The molecule has 0 bridgehead atoms. The third kappa shape index (κ3) is 2.72. The average molecular weight is 340 g/mol. The summed E-state index contributed by atoms with van der Waals surface area (Å²) < 4.78 is 2.03. The number of aryl methyl sites for hydroxylation is 1. The summed E-state index contributed by atoms with van der Waals surface area (Å²) >= 11 is 1.61. The topological polar surface area (TPSA) is 54.2 Å². The highest BCUT2D eigenvalue weighted by molar-refractivity contribution is 7.13. The molecule has 24 heavy (non-hydrogen) atoms. The number of aliphatic hydroxyl groups is 1. The van der Waals surface area contributed by atoms with Crippen LogP contribution in [0.5, 0.6) is 0 Å². The van der Waals surface area contributed by atoms with Crippen molar-refractivity contribution >= 4 is 16.5 Å². The molecule has 3 aromatic rings. The Bertz CT molecular complexity index is 840. The highest BCUT2D eigenvalue weighted by atomic mass is 32.1. The Hall–Kier alpha value is -2.18. The molecule has 0 atom stereocenters. The first-order valence-electron chi connectivity index (χ1n) is 8.16. The van der Waals surface area contributed by atoms with Crippen LogP contribution in [0.2, 0.25) is 0 Å². The fraction of sp³-hybridized carbons (Fsp3) is 0.333. The van der Waals surface area contributed by atoms with Crippen LogP contribution in [-0.2, 0) is 26.5 Å². The maximum Gasteiger partial charge on any atom is 0.185 e. The minimum absolute atomic E-state index is 0.00659. The van der Waals surface area contributed by atoms with Crippen molar-refractivity contribution in [3.8, 4) is 11.3 Å². The molecule has 1 aliphatic rings. The van der Waals surface area contributed by atoms with E-state index in [1.54, 1.807) is 11.3 Å². The maximum atomic E-state index is 9.23. The highest BCUT2D eigenvalue weighted by Gasteiger charge is 2.23. The molecule has 6 heteroatoms. The SMILES string of the molecule is Cn1nc(-c2ccccc2)c2c1CCN(c1nc(CO)cs1)CC2. The maximum absolute atomic E-state index is 9.23. The first-order chi connectivity index (χ1) is 11.8. The second-order valence-corrected chi connectivity index (χ2v) is 6.87. The van der Waals surface area contributed by atoms with Crippen LogP contribution in [0.25, 0.3) is 11.3 Å². The van der Waals surface area contributed by atoms with E-state index in [0.29, 0.717) is 0 Å². The van der Waals surface area contributed by atoms with Crippen LogP contribution in [0, 0.1) is 0 Å². The second kappa shape index (κ2) is 6.37. The van der Waals surface area contributed by atoms with Crippen molar-refractivity contribution in [1.29, 1.82) is 0 Å². The van der Waals surface area contributed by atoms with Crippen LogP contribution >= 0.6 is 11.3 Å². The molecule has 1 aliphatic heterocycles. The number of rotatable bonds is 3. The van der Waals surface area contributed by atoms with Crippen molar-refractivity contribution in [3.05, 3.63) is 52.7 Å². The molecule has 0 radical (unpaired) electrons. The van der Waals surface area contributed by atoms with Crippen molar-refractivity contribution in [2.45, 2.75) is 19.4 Å². The number of aromatic nitrogens is 3. The summed E-state index contributed by atoms with van der Waals surface area (Å²) in [6.07, 6.45) is 1.92. The van der Waals surface area contributed by atoms with Gasteiger partial charge < -0.3 is 10.0 Å². The van der Waals surface area contributed by atoms with Crippen LogP contribution < -0.4 is 4.90 Å². The van der Waals surface area contributed by atoms with Gasteiger partial charge in [0.15, 0.2) is 5.13 Å². The van der Waals surface area contributed by atoms with Gasteiger partial charge in [-0.15, -0.1) is 11.3 Å². The number of benzene rings is 1. The van der Waals surface area contributed by atoms with E-state index in [0.717, 1.165) is 42.5 Å². The molecule has 1 N–H and O–H groups in total. The molecule has 0 fully saturated rings. The summed E-state index contributed by atoms with van der Waals surface area (Å²) in [5.74, 6) is 0. The lowest BCUT2D eigenvalue weighted by Crippen LogP contribution is -2.26. The standard InChI is InChI=1S/C18H20N4OS/c1-21-16-8-10-22(18-19-14(11-23)12-24-18)9-7-15(16)17(20-21)13-5-3-2-4-6-13/h2-6,12,23H,7-11H2,1H3. The number of hydrogen-bond acceptors (Lipinski definition) is 5. The molecule has 4 rings (SSSR count). The largest absolute Gasteiger partial charge is 0.390 e. The van der Waals surface area contributed by atoms with Crippen molar-refractivity contribution in [2.24, 2.45) is 7.05 Å². The summed E-state index contributed by atoms with van der Waals surface area (Å²) in [5.41, 5.74) is 5.70. The summed E-state index contributed by atoms with van der Waals surface area (Å²) in [7, 11) is 2.04. The third-order valence-electron chi connectivity index (χ3n) is 4.54. The summed E-state index contributed by atoms with van der Waals surface area (Å²) in [6.45, 7) is 1.86. The van der Waals surface area contributed by atoms with Crippen molar-refractivity contribution in [2.75, 3.05) is 18.0 Å². The Morgan fingerprint density at radius 3 is 2.71 bits per heavy atom. The lowest BCUT2D eigenvalue weighted by Gasteiger charge is -2.19. The van der Waals surface area contributed by atoms with E-state index < -0.39 is 0 Å². The van der Waals surface area contributed by atoms with Crippen LogP contribution in [-0.4, -0.2) is 33.0 Å². The Morgan fingerprint density at radius 2 is 1.96 bits per heavy atom. The van der Waals surface area contributed by atoms with Gasteiger partial charge in [-0.1, -0.05) is 30.3 Å². The van der Waals surface area contributed by atoms with E-state index in [1.165, 1.54) is 16.8 Å². The van der Waals surface area contributed by atoms with Crippen molar-refractivity contribution in [1.82, 2.24) is 14.8 Å². The van der Waals surface area contributed by atoms with E-state index in [4.69, 9.17) is 5.10 Å². The van der Waals surface area contributed by atoms with Gasteiger partial charge in [-0.05, 0) is 6.42 Å². The average Bonchev–Trinajstić information content (AvgIpc) is 3.14. The van der Waals surface area contributed by atoms with E-state index in [9.17, 15) is 5.11 Å². The first-order valence-corrected chi connectivity index (χ1v) is 9.04. The van der Waals surface area contributed by atoms with Gasteiger partial charge in [-0.2, -0.15) is 5.10 Å². The number of fused-ring (bicyclic) bond motifs is 1. The smallest absolute Gasteiger partial charge is 0.185 e. The van der Waals surface area contributed by atoms with Crippen LogP contribution in [0.1, 0.15) is 17.0 Å². The Balaban J connectivity index is 1.63. The van der Waals surface area contributed by atoms with Crippen molar-refractivity contribution < 1.29 is 5.11 Å².